The Kier molecular flexibility index (Phi) is 7.50. The highest BCUT2D eigenvalue weighted by Crippen LogP contribution is 2.21. The van der Waals surface area contributed by atoms with E-state index in [1.165, 1.54) is 11.4 Å². The Hall–Kier alpha value is -3.65. The maximum absolute atomic E-state index is 12.9. The molecule has 3 aromatic carbocycles. The molecule has 0 fully saturated rings. The molecule has 3 aromatic rings. The Balaban J connectivity index is 1.74. The number of rotatable bonds is 8. The predicted octanol–water partition coefficient (Wildman–Crippen LogP) is 4.22. The van der Waals surface area contributed by atoms with Gasteiger partial charge in [-0.3, -0.25) is 13.9 Å². The number of nitrogens with one attached hydrogen (secondary N) is 2. The lowest BCUT2D eigenvalue weighted by Gasteiger charge is -2.18. The lowest BCUT2D eigenvalue weighted by Crippen LogP contribution is -2.28. The van der Waals surface area contributed by atoms with Crippen LogP contribution in [0.3, 0.4) is 0 Å². The fraction of sp³-hybridized carbons (Fsp3) is 0.200. The smallest absolute Gasteiger partial charge is 0.255 e. The van der Waals surface area contributed by atoms with Crippen LogP contribution in [0, 0.1) is 0 Å². The SMILES string of the molecule is CCS(=O)(=O)N(C)c1ccc(C(=O)Nc2ccccc2C(=O)N[C@H](C)c2ccccc2)cc1. The van der Waals surface area contributed by atoms with Crippen LogP contribution in [0.15, 0.2) is 78.9 Å². The summed E-state index contributed by atoms with van der Waals surface area (Å²) in [7, 11) is -1.92. The van der Waals surface area contributed by atoms with E-state index in [1.807, 2.05) is 37.3 Å². The molecule has 0 unspecified atom stereocenters. The first kappa shape index (κ1) is 24.0. The molecule has 7 nitrogen and oxygen atoms in total. The summed E-state index contributed by atoms with van der Waals surface area (Å²) in [6.07, 6.45) is 0. The number of carbonyl (C=O) groups excluding carboxylic acids is 2. The van der Waals surface area contributed by atoms with E-state index in [2.05, 4.69) is 10.6 Å². The second-order valence-electron chi connectivity index (χ2n) is 7.52. The minimum atomic E-state index is -3.39. The summed E-state index contributed by atoms with van der Waals surface area (Å²) in [5.41, 5.74) is 2.51. The molecule has 172 valence electrons. The number of hydrogen-bond donors (Lipinski definition) is 2. The highest BCUT2D eigenvalue weighted by molar-refractivity contribution is 7.92. The number of amides is 2. The van der Waals surface area contributed by atoms with Crippen LogP contribution < -0.4 is 14.9 Å². The highest BCUT2D eigenvalue weighted by Gasteiger charge is 2.18. The van der Waals surface area contributed by atoms with Crippen molar-refractivity contribution in [1.82, 2.24) is 5.32 Å². The predicted molar refractivity (Wildman–Crippen MR) is 131 cm³/mol. The summed E-state index contributed by atoms with van der Waals surface area (Å²) in [6.45, 7) is 3.47. The van der Waals surface area contributed by atoms with Gasteiger partial charge in [0.05, 0.1) is 28.7 Å². The van der Waals surface area contributed by atoms with Crippen LogP contribution in [0.1, 0.15) is 46.2 Å². The van der Waals surface area contributed by atoms with E-state index in [0.717, 1.165) is 5.56 Å². The number of sulfonamides is 1. The third-order valence-electron chi connectivity index (χ3n) is 5.34. The zero-order valence-corrected chi connectivity index (χ0v) is 19.6. The number of para-hydroxylation sites is 1. The zero-order valence-electron chi connectivity index (χ0n) is 18.8. The molecule has 0 aliphatic carbocycles. The van der Waals surface area contributed by atoms with Gasteiger partial charge in [-0.05, 0) is 55.8 Å². The van der Waals surface area contributed by atoms with Crippen molar-refractivity contribution in [2.24, 2.45) is 0 Å². The maximum Gasteiger partial charge on any atom is 0.255 e. The van der Waals surface area contributed by atoms with Crippen molar-refractivity contribution in [3.05, 3.63) is 95.6 Å². The number of benzene rings is 3. The molecule has 0 aromatic heterocycles. The normalized spacial score (nSPS) is 12.0. The van der Waals surface area contributed by atoms with Crippen molar-refractivity contribution in [2.75, 3.05) is 22.4 Å². The average molecular weight is 466 g/mol. The van der Waals surface area contributed by atoms with Gasteiger partial charge >= 0.3 is 0 Å². The number of carbonyl (C=O) groups is 2. The summed E-state index contributed by atoms with van der Waals surface area (Å²) < 4.78 is 25.3. The monoisotopic (exact) mass is 465 g/mol. The third-order valence-corrected chi connectivity index (χ3v) is 7.12. The van der Waals surface area contributed by atoms with E-state index in [9.17, 15) is 18.0 Å². The average Bonchev–Trinajstić information content (AvgIpc) is 2.84. The lowest BCUT2D eigenvalue weighted by molar-refractivity contribution is 0.0940. The Morgan fingerprint density at radius 1 is 0.879 bits per heavy atom. The van der Waals surface area contributed by atoms with Gasteiger partial charge in [0.25, 0.3) is 11.8 Å². The van der Waals surface area contributed by atoms with Gasteiger partial charge in [-0.25, -0.2) is 8.42 Å². The summed E-state index contributed by atoms with van der Waals surface area (Å²) >= 11 is 0. The van der Waals surface area contributed by atoms with E-state index >= 15 is 0 Å². The van der Waals surface area contributed by atoms with Crippen LogP contribution in [-0.2, 0) is 10.0 Å². The minimum Gasteiger partial charge on any atom is -0.345 e. The van der Waals surface area contributed by atoms with Gasteiger partial charge in [-0.2, -0.15) is 0 Å². The van der Waals surface area contributed by atoms with Crippen molar-refractivity contribution in [1.29, 1.82) is 0 Å². The Morgan fingerprint density at radius 2 is 1.48 bits per heavy atom. The van der Waals surface area contributed by atoms with Gasteiger partial charge in [-0.1, -0.05) is 42.5 Å². The number of hydrogen-bond acceptors (Lipinski definition) is 4. The fourth-order valence-electron chi connectivity index (χ4n) is 3.26. The molecule has 1 atom stereocenters. The first-order valence-electron chi connectivity index (χ1n) is 10.6. The highest BCUT2D eigenvalue weighted by atomic mass is 32.2. The lowest BCUT2D eigenvalue weighted by atomic mass is 10.1. The van der Waals surface area contributed by atoms with Crippen molar-refractivity contribution >= 4 is 33.2 Å². The summed E-state index contributed by atoms with van der Waals surface area (Å²) in [5, 5.41) is 5.73. The molecule has 8 heteroatoms. The van der Waals surface area contributed by atoms with Gasteiger partial charge in [0.15, 0.2) is 0 Å². The van der Waals surface area contributed by atoms with E-state index in [-0.39, 0.29) is 17.7 Å². The molecule has 2 amide bonds. The van der Waals surface area contributed by atoms with Gasteiger partial charge in [0.2, 0.25) is 10.0 Å². The second-order valence-corrected chi connectivity index (χ2v) is 9.81. The third kappa shape index (κ3) is 5.78. The zero-order chi connectivity index (χ0) is 24.0. The van der Waals surface area contributed by atoms with Crippen LogP contribution in [0.2, 0.25) is 0 Å². The minimum absolute atomic E-state index is 0.0204. The fourth-order valence-corrected chi connectivity index (χ4v) is 4.09. The summed E-state index contributed by atoms with van der Waals surface area (Å²) in [6, 6.07) is 22.4. The quantitative estimate of drug-likeness (QED) is 0.521. The van der Waals surface area contributed by atoms with Gasteiger partial charge in [0.1, 0.15) is 0 Å². The maximum atomic E-state index is 12.9. The van der Waals surface area contributed by atoms with Gasteiger partial charge in [0, 0.05) is 12.6 Å². The Bertz CT molecular complexity index is 1230. The van der Waals surface area contributed by atoms with E-state index < -0.39 is 15.9 Å². The van der Waals surface area contributed by atoms with Gasteiger partial charge in [-0.15, -0.1) is 0 Å². The molecular formula is C25H27N3O4S. The molecule has 0 heterocycles. The molecule has 0 spiro atoms. The van der Waals surface area contributed by atoms with Crippen molar-refractivity contribution < 1.29 is 18.0 Å². The van der Waals surface area contributed by atoms with Crippen molar-refractivity contribution in [2.45, 2.75) is 19.9 Å². The van der Waals surface area contributed by atoms with Crippen LogP contribution in [0.25, 0.3) is 0 Å². The molecule has 33 heavy (non-hydrogen) atoms. The standard InChI is InChI=1S/C25H27N3O4S/c1-4-33(31,32)28(3)21-16-14-20(15-17-21)24(29)27-23-13-9-8-12-22(23)25(30)26-18(2)19-10-6-5-7-11-19/h5-18H,4H2,1-3H3,(H,26,30)(H,27,29)/t18-/m1/s1. The molecular weight excluding hydrogens is 438 g/mol. The van der Waals surface area contributed by atoms with E-state index in [4.69, 9.17) is 0 Å². The summed E-state index contributed by atoms with van der Waals surface area (Å²) in [5.74, 6) is -0.726. The van der Waals surface area contributed by atoms with E-state index in [1.54, 1.807) is 55.5 Å². The molecule has 0 aliphatic rings. The van der Waals surface area contributed by atoms with Crippen molar-refractivity contribution in [3.63, 3.8) is 0 Å². The van der Waals surface area contributed by atoms with E-state index in [0.29, 0.717) is 22.5 Å². The van der Waals surface area contributed by atoms with Crippen LogP contribution >= 0.6 is 0 Å². The molecule has 0 bridgehead atoms. The van der Waals surface area contributed by atoms with Crippen LogP contribution in [0.5, 0.6) is 0 Å². The number of anilines is 2. The second kappa shape index (κ2) is 10.3. The van der Waals surface area contributed by atoms with Crippen molar-refractivity contribution in [3.8, 4) is 0 Å². The molecule has 3 rings (SSSR count). The van der Waals surface area contributed by atoms with Crippen LogP contribution in [0.4, 0.5) is 11.4 Å². The molecule has 0 saturated heterocycles. The molecule has 0 saturated carbocycles. The van der Waals surface area contributed by atoms with Gasteiger partial charge < -0.3 is 10.6 Å². The van der Waals surface area contributed by atoms with Crippen LogP contribution in [-0.4, -0.2) is 33.0 Å². The molecule has 0 radical (unpaired) electrons. The number of nitrogens with zero attached hydrogens (tertiary/aromatic N) is 1. The largest absolute Gasteiger partial charge is 0.345 e. The Morgan fingerprint density at radius 3 is 2.12 bits per heavy atom. The topological polar surface area (TPSA) is 95.6 Å². The molecule has 2 N–H and O–H groups in total. The summed E-state index contributed by atoms with van der Waals surface area (Å²) in [4.78, 5) is 25.7. The molecule has 0 aliphatic heterocycles. The Labute approximate surface area is 194 Å². The first-order valence-corrected chi connectivity index (χ1v) is 12.2. The first-order chi connectivity index (χ1) is 15.7.